The molecule has 0 radical (unpaired) electrons. The Bertz CT molecular complexity index is 719. The Hall–Kier alpha value is -1.86. The molecule has 0 bridgehead atoms. The Balaban J connectivity index is 1.80. The Morgan fingerprint density at radius 1 is 1.39 bits per heavy atom. The fourth-order valence-corrected chi connectivity index (χ4v) is 3.61. The highest BCUT2D eigenvalue weighted by Crippen LogP contribution is 2.27. The van der Waals surface area contributed by atoms with Gasteiger partial charge in [0.05, 0.1) is 11.2 Å². The molecule has 2 N–H and O–H groups in total. The van der Waals surface area contributed by atoms with Crippen molar-refractivity contribution in [3.63, 3.8) is 0 Å². The first-order valence-corrected chi connectivity index (χ1v) is 8.31. The average Bonchev–Trinajstić information content (AvgIpc) is 2.97. The molecule has 0 saturated carbocycles. The fourth-order valence-electron chi connectivity index (χ4n) is 2.91. The van der Waals surface area contributed by atoms with Crippen molar-refractivity contribution in [2.75, 3.05) is 13.1 Å². The fraction of sp³-hybridized carbons (Fsp3) is 0.375. The van der Waals surface area contributed by atoms with Gasteiger partial charge in [-0.1, -0.05) is 6.07 Å². The summed E-state index contributed by atoms with van der Waals surface area (Å²) in [5, 5.41) is 6.23. The average molecular weight is 337 g/mol. The normalized spacial score (nSPS) is 21.2. The number of benzene rings is 1. The summed E-state index contributed by atoms with van der Waals surface area (Å²) in [6, 6.07) is 3.77. The molecule has 1 fully saturated rings. The Morgan fingerprint density at radius 2 is 2.22 bits per heavy atom. The van der Waals surface area contributed by atoms with Gasteiger partial charge in [0.25, 0.3) is 5.91 Å². The van der Waals surface area contributed by atoms with Gasteiger partial charge in [-0.3, -0.25) is 4.79 Å². The highest BCUT2D eigenvalue weighted by atomic mass is 32.1. The summed E-state index contributed by atoms with van der Waals surface area (Å²) in [5.41, 5.74) is 3.04. The summed E-state index contributed by atoms with van der Waals surface area (Å²) in [6.07, 6.45) is 0.748. The number of nitrogens with one attached hydrogen (secondary N) is 2. The molecule has 1 aromatic heterocycles. The first kappa shape index (κ1) is 16.0. The molecule has 2 heterocycles. The minimum Gasteiger partial charge on any atom is -0.347 e. The van der Waals surface area contributed by atoms with E-state index in [4.69, 9.17) is 0 Å². The monoisotopic (exact) mass is 337 g/mol. The van der Waals surface area contributed by atoms with Crippen LogP contribution in [0.25, 0.3) is 0 Å². The van der Waals surface area contributed by atoms with Crippen molar-refractivity contribution in [1.29, 1.82) is 0 Å². The van der Waals surface area contributed by atoms with E-state index in [1.807, 2.05) is 0 Å². The van der Waals surface area contributed by atoms with E-state index >= 15 is 0 Å². The standard InChI is InChI=1S/C16H17F2N3OS/c1-9-15(23-8-20-9)16(22)21-14-7-19-5-4-11(14)10-2-3-12(17)13(18)6-10/h2-3,6,8,11,14,19H,4-5,7H2,1H3,(H,21,22). The van der Waals surface area contributed by atoms with Crippen LogP contribution in [0.4, 0.5) is 8.78 Å². The third-order valence-corrected chi connectivity index (χ3v) is 5.05. The number of aromatic nitrogens is 1. The number of nitrogens with zero attached hydrogens (tertiary/aromatic N) is 1. The number of hydrogen-bond donors (Lipinski definition) is 2. The zero-order chi connectivity index (χ0) is 16.4. The first-order valence-electron chi connectivity index (χ1n) is 7.43. The number of carbonyl (C=O) groups excluding carboxylic acids is 1. The van der Waals surface area contributed by atoms with Crippen LogP contribution in [0, 0.1) is 18.6 Å². The largest absolute Gasteiger partial charge is 0.347 e. The lowest BCUT2D eigenvalue weighted by Crippen LogP contribution is -2.50. The van der Waals surface area contributed by atoms with Crippen LogP contribution in [0.15, 0.2) is 23.7 Å². The minimum absolute atomic E-state index is 0.0523. The molecule has 1 aliphatic heterocycles. The molecule has 2 aromatic rings. The third-order valence-electron chi connectivity index (χ3n) is 4.12. The van der Waals surface area contributed by atoms with Gasteiger partial charge in [0.1, 0.15) is 4.88 Å². The van der Waals surface area contributed by atoms with Crippen LogP contribution in [0.3, 0.4) is 0 Å². The van der Waals surface area contributed by atoms with Crippen molar-refractivity contribution in [2.45, 2.75) is 25.3 Å². The molecular formula is C16H17F2N3OS. The number of hydrogen-bond acceptors (Lipinski definition) is 4. The lowest BCUT2D eigenvalue weighted by atomic mass is 9.86. The number of amides is 1. The predicted molar refractivity (Wildman–Crippen MR) is 84.7 cm³/mol. The summed E-state index contributed by atoms with van der Waals surface area (Å²) < 4.78 is 26.7. The molecule has 1 saturated heterocycles. The van der Waals surface area contributed by atoms with Crippen molar-refractivity contribution in [1.82, 2.24) is 15.6 Å². The zero-order valence-corrected chi connectivity index (χ0v) is 13.4. The molecule has 2 unspecified atom stereocenters. The van der Waals surface area contributed by atoms with Gasteiger partial charge < -0.3 is 10.6 Å². The Labute approximate surface area is 136 Å². The highest BCUT2D eigenvalue weighted by Gasteiger charge is 2.29. The second-order valence-corrected chi connectivity index (χ2v) is 6.47. The van der Waals surface area contributed by atoms with Gasteiger partial charge in [-0.2, -0.15) is 0 Å². The van der Waals surface area contributed by atoms with Gasteiger partial charge in [0.2, 0.25) is 0 Å². The van der Waals surface area contributed by atoms with Gasteiger partial charge in [0, 0.05) is 18.5 Å². The van der Waals surface area contributed by atoms with Crippen molar-refractivity contribution >= 4 is 17.2 Å². The summed E-state index contributed by atoms with van der Waals surface area (Å²) in [4.78, 5) is 17.1. The number of thiazole rings is 1. The maximum absolute atomic E-state index is 13.5. The lowest BCUT2D eigenvalue weighted by Gasteiger charge is -2.33. The second kappa shape index (κ2) is 6.72. The smallest absolute Gasteiger partial charge is 0.263 e. The summed E-state index contributed by atoms with van der Waals surface area (Å²) in [6.45, 7) is 3.15. The first-order chi connectivity index (χ1) is 11.1. The van der Waals surface area contributed by atoms with Gasteiger partial charge in [-0.05, 0) is 37.6 Å². The molecule has 3 rings (SSSR count). The molecule has 122 valence electrons. The Kier molecular flexibility index (Phi) is 4.68. The van der Waals surface area contributed by atoms with Gasteiger partial charge in [0.15, 0.2) is 11.6 Å². The molecule has 7 heteroatoms. The van der Waals surface area contributed by atoms with Gasteiger partial charge in [-0.15, -0.1) is 11.3 Å². The summed E-state index contributed by atoms with van der Waals surface area (Å²) >= 11 is 1.29. The number of halogens is 2. The molecule has 1 aromatic carbocycles. The topological polar surface area (TPSA) is 54.0 Å². The van der Waals surface area contributed by atoms with Crippen LogP contribution < -0.4 is 10.6 Å². The summed E-state index contributed by atoms with van der Waals surface area (Å²) in [5.74, 6) is -1.94. The molecule has 0 aliphatic carbocycles. The molecule has 1 aliphatic rings. The number of piperidine rings is 1. The quantitative estimate of drug-likeness (QED) is 0.905. The lowest BCUT2D eigenvalue weighted by molar-refractivity contribution is 0.0927. The van der Waals surface area contributed by atoms with Crippen LogP contribution in [0.5, 0.6) is 0 Å². The van der Waals surface area contributed by atoms with Crippen LogP contribution in [0.1, 0.15) is 33.3 Å². The molecule has 23 heavy (non-hydrogen) atoms. The van der Waals surface area contributed by atoms with E-state index in [2.05, 4.69) is 15.6 Å². The highest BCUT2D eigenvalue weighted by molar-refractivity contribution is 7.11. The van der Waals surface area contributed by atoms with Crippen LogP contribution in [0.2, 0.25) is 0 Å². The van der Waals surface area contributed by atoms with Crippen LogP contribution >= 0.6 is 11.3 Å². The van der Waals surface area contributed by atoms with E-state index in [1.54, 1.807) is 18.5 Å². The van der Waals surface area contributed by atoms with Crippen molar-refractivity contribution < 1.29 is 13.6 Å². The Morgan fingerprint density at radius 3 is 2.91 bits per heavy atom. The molecule has 1 amide bonds. The summed E-state index contributed by atoms with van der Waals surface area (Å²) in [7, 11) is 0. The van der Waals surface area contributed by atoms with Gasteiger partial charge >= 0.3 is 0 Å². The van der Waals surface area contributed by atoms with Crippen molar-refractivity contribution in [2.24, 2.45) is 0 Å². The molecular weight excluding hydrogens is 320 g/mol. The minimum atomic E-state index is -0.858. The van der Waals surface area contributed by atoms with Crippen molar-refractivity contribution in [3.05, 3.63) is 51.5 Å². The van der Waals surface area contributed by atoms with E-state index in [0.717, 1.165) is 19.0 Å². The van der Waals surface area contributed by atoms with E-state index in [1.165, 1.54) is 17.4 Å². The maximum Gasteiger partial charge on any atom is 0.263 e. The van der Waals surface area contributed by atoms with Crippen molar-refractivity contribution in [3.8, 4) is 0 Å². The SMILES string of the molecule is Cc1ncsc1C(=O)NC1CNCCC1c1ccc(F)c(F)c1. The second-order valence-electron chi connectivity index (χ2n) is 5.62. The van der Waals surface area contributed by atoms with E-state index < -0.39 is 11.6 Å². The maximum atomic E-state index is 13.5. The predicted octanol–water partition coefficient (Wildman–Crippen LogP) is 2.61. The number of carbonyl (C=O) groups is 1. The number of rotatable bonds is 3. The molecule has 2 atom stereocenters. The van der Waals surface area contributed by atoms with Crippen LogP contribution in [-0.2, 0) is 0 Å². The third kappa shape index (κ3) is 3.40. The molecule has 4 nitrogen and oxygen atoms in total. The van der Waals surface area contributed by atoms with Gasteiger partial charge in [-0.25, -0.2) is 13.8 Å². The zero-order valence-electron chi connectivity index (χ0n) is 12.6. The van der Waals surface area contributed by atoms with E-state index in [-0.39, 0.29) is 17.9 Å². The van der Waals surface area contributed by atoms with E-state index in [9.17, 15) is 13.6 Å². The van der Waals surface area contributed by atoms with Crippen LogP contribution in [-0.4, -0.2) is 30.0 Å². The number of aryl methyl sites for hydroxylation is 1. The molecule has 0 spiro atoms. The van der Waals surface area contributed by atoms with E-state index in [0.29, 0.717) is 22.7 Å².